The highest BCUT2D eigenvalue weighted by Gasteiger charge is 2.21. The van der Waals surface area contributed by atoms with Gasteiger partial charge in [0.05, 0.1) is 11.1 Å². The lowest BCUT2D eigenvalue weighted by atomic mass is 10.1. The van der Waals surface area contributed by atoms with Gasteiger partial charge in [0, 0.05) is 0 Å². The predicted molar refractivity (Wildman–Crippen MR) is 134 cm³/mol. The van der Waals surface area contributed by atoms with E-state index in [4.69, 9.17) is 8.83 Å². The SMILES string of the molecule is O=C(O)/C(=C\C=C\c1ccccc1)c1coc(-c2nc(/C(=C/C=C/c3ccccc3)C(=O)O)co2)n1. The number of hydrogen-bond donors (Lipinski definition) is 2. The lowest BCUT2D eigenvalue weighted by molar-refractivity contribution is -0.131. The minimum absolute atomic E-state index is 0.0646. The zero-order valence-electron chi connectivity index (χ0n) is 18.8. The number of aromatic nitrogens is 2. The van der Waals surface area contributed by atoms with E-state index in [1.54, 1.807) is 24.3 Å². The molecule has 0 saturated heterocycles. The lowest BCUT2D eigenvalue weighted by Gasteiger charge is -1.95. The molecule has 0 radical (unpaired) electrons. The van der Waals surface area contributed by atoms with Gasteiger partial charge in [-0.1, -0.05) is 85.0 Å². The van der Waals surface area contributed by atoms with Crippen LogP contribution in [-0.2, 0) is 9.59 Å². The van der Waals surface area contributed by atoms with Crippen molar-refractivity contribution in [3.8, 4) is 11.8 Å². The molecule has 2 aromatic carbocycles. The molecule has 2 heterocycles. The molecule has 0 aliphatic rings. The van der Waals surface area contributed by atoms with Crippen molar-refractivity contribution in [2.75, 3.05) is 0 Å². The first-order valence-corrected chi connectivity index (χ1v) is 10.8. The molecule has 0 saturated carbocycles. The lowest BCUT2D eigenvalue weighted by Crippen LogP contribution is -2.00. The van der Waals surface area contributed by atoms with E-state index in [-0.39, 0.29) is 34.3 Å². The van der Waals surface area contributed by atoms with Crippen molar-refractivity contribution in [1.29, 1.82) is 0 Å². The number of carbonyl (C=O) groups is 2. The van der Waals surface area contributed by atoms with Gasteiger partial charge in [-0.05, 0) is 23.3 Å². The second kappa shape index (κ2) is 11.3. The average Bonchev–Trinajstić information content (AvgIpc) is 3.55. The molecule has 36 heavy (non-hydrogen) atoms. The Morgan fingerprint density at radius 3 is 1.39 bits per heavy atom. The van der Waals surface area contributed by atoms with Gasteiger partial charge in [0.2, 0.25) is 0 Å². The molecular weight excluding hydrogens is 460 g/mol. The maximum absolute atomic E-state index is 11.8. The van der Waals surface area contributed by atoms with E-state index in [9.17, 15) is 19.8 Å². The number of oxazole rings is 2. The van der Waals surface area contributed by atoms with Gasteiger partial charge in [-0.2, -0.15) is 0 Å². The van der Waals surface area contributed by atoms with Gasteiger partial charge in [-0.25, -0.2) is 19.6 Å². The molecule has 0 bridgehead atoms. The summed E-state index contributed by atoms with van der Waals surface area (Å²) >= 11 is 0. The van der Waals surface area contributed by atoms with Gasteiger partial charge in [-0.15, -0.1) is 0 Å². The minimum atomic E-state index is -1.19. The van der Waals surface area contributed by atoms with Gasteiger partial charge in [0.1, 0.15) is 23.9 Å². The molecule has 4 rings (SSSR count). The van der Waals surface area contributed by atoms with Gasteiger partial charge in [-0.3, -0.25) is 0 Å². The van der Waals surface area contributed by atoms with Crippen LogP contribution >= 0.6 is 0 Å². The van der Waals surface area contributed by atoms with Gasteiger partial charge < -0.3 is 19.0 Å². The summed E-state index contributed by atoms with van der Waals surface area (Å²) in [5.41, 5.74) is 1.76. The Bertz CT molecular complexity index is 1360. The van der Waals surface area contributed by atoms with Gasteiger partial charge in [0.25, 0.3) is 11.8 Å². The molecule has 0 atom stereocenters. The van der Waals surface area contributed by atoms with Crippen molar-refractivity contribution in [2.45, 2.75) is 0 Å². The van der Waals surface area contributed by atoms with E-state index in [1.165, 1.54) is 24.7 Å². The zero-order chi connectivity index (χ0) is 25.3. The number of carboxylic acid groups (broad SMARTS) is 2. The second-order valence-corrected chi connectivity index (χ2v) is 7.39. The fourth-order valence-corrected chi connectivity index (χ4v) is 3.16. The highest BCUT2D eigenvalue weighted by molar-refractivity contribution is 6.15. The molecule has 2 aromatic heterocycles. The molecule has 4 aromatic rings. The Hall–Kier alpha value is -5.24. The fraction of sp³-hybridized carbons (Fsp3) is 0. The van der Waals surface area contributed by atoms with E-state index in [1.807, 2.05) is 60.7 Å². The van der Waals surface area contributed by atoms with E-state index in [2.05, 4.69) is 9.97 Å². The second-order valence-electron chi connectivity index (χ2n) is 7.39. The van der Waals surface area contributed by atoms with E-state index >= 15 is 0 Å². The Balaban J connectivity index is 1.55. The van der Waals surface area contributed by atoms with Crippen LogP contribution in [0.4, 0.5) is 0 Å². The van der Waals surface area contributed by atoms with Crippen LogP contribution in [0, 0.1) is 0 Å². The summed E-state index contributed by atoms with van der Waals surface area (Å²) in [6.45, 7) is 0. The summed E-state index contributed by atoms with van der Waals surface area (Å²) in [4.78, 5) is 31.8. The van der Waals surface area contributed by atoms with Crippen LogP contribution in [0.2, 0.25) is 0 Å². The minimum Gasteiger partial charge on any atom is -0.478 e. The summed E-state index contributed by atoms with van der Waals surface area (Å²) < 4.78 is 10.7. The van der Waals surface area contributed by atoms with Crippen LogP contribution in [0.5, 0.6) is 0 Å². The van der Waals surface area contributed by atoms with Gasteiger partial charge in [0.15, 0.2) is 0 Å². The number of benzene rings is 2. The van der Waals surface area contributed by atoms with Crippen molar-refractivity contribution in [3.05, 3.63) is 120 Å². The summed E-state index contributed by atoms with van der Waals surface area (Å²) in [5, 5.41) is 19.2. The topological polar surface area (TPSA) is 127 Å². The summed E-state index contributed by atoms with van der Waals surface area (Å²) in [5.74, 6) is -2.55. The van der Waals surface area contributed by atoms with Crippen LogP contribution in [-0.4, -0.2) is 32.1 Å². The quantitative estimate of drug-likeness (QED) is 0.231. The van der Waals surface area contributed by atoms with Crippen LogP contribution in [0.25, 0.3) is 35.1 Å². The largest absolute Gasteiger partial charge is 0.478 e. The van der Waals surface area contributed by atoms with E-state index in [0.717, 1.165) is 11.1 Å². The highest BCUT2D eigenvalue weighted by atomic mass is 16.4. The molecule has 0 unspecified atom stereocenters. The average molecular weight is 480 g/mol. The highest BCUT2D eigenvalue weighted by Crippen LogP contribution is 2.25. The van der Waals surface area contributed by atoms with Crippen LogP contribution in [0.3, 0.4) is 0 Å². The Morgan fingerprint density at radius 1 is 0.639 bits per heavy atom. The Morgan fingerprint density at radius 2 is 1.03 bits per heavy atom. The molecule has 2 N–H and O–H groups in total. The Labute approximate surface area is 205 Å². The third kappa shape index (κ3) is 6.00. The molecule has 178 valence electrons. The molecular formula is C28H20N2O6. The Kier molecular flexibility index (Phi) is 7.47. The zero-order valence-corrected chi connectivity index (χ0v) is 18.8. The van der Waals surface area contributed by atoms with Crippen molar-refractivity contribution in [3.63, 3.8) is 0 Å². The first-order valence-electron chi connectivity index (χ1n) is 10.8. The van der Waals surface area contributed by atoms with Crippen molar-refractivity contribution in [2.24, 2.45) is 0 Å². The summed E-state index contributed by atoms with van der Waals surface area (Å²) in [7, 11) is 0. The van der Waals surface area contributed by atoms with Crippen LogP contribution < -0.4 is 0 Å². The maximum Gasteiger partial charge on any atom is 0.338 e. The number of aliphatic carboxylic acids is 2. The van der Waals surface area contributed by atoms with E-state index < -0.39 is 11.9 Å². The van der Waals surface area contributed by atoms with E-state index in [0.29, 0.717) is 0 Å². The number of carboxylic acids is 2. The van der Waals surface area contributed by atoms with Crippen LogP contribution in [0.1, 0.15) is 22.5 Å². The first kappa shape index (κ1) is 23.9. The van der Waals surface area contributed by atoms with Crippen molar-refractivity contribution < 1.29 is 28.6 Å². The van der Waals surface area contributed by atoms with Crippen LogP contribution in [0.15, 0.2) is 106 Å². The number of allylic oxidation sites excluding steroid dienone is 4. The molecule has 0 aliphatic carbocycles. The number of nitrogens with zero attached hydrogens (tertiary/aromatic N) is 2. The molecule has 0 fully saturated rings. The van der Waals surface area contributed by atoms with Crippen molar-refractivity contribution in [1.82, 2.24) is 9.97 Å². The third-order valence-electron chi connectivity index (χ3n) is 4.91. The normalized spacial score (nSPS) is 12.4. The number of rotatable bonds is 9. The summed E-state index contributed by atoms with van der Waals surface area (Å²) in [6.07, 6.45) is 11.9. The summed E-state index contributed by atoms with van der Waals surface area (Å²) in [6, 6.07) is 18.8. The first-order chi connectivity index (χ1) is 17.5. The van der Waals surface area contributed by atoms with Crippen molar-refractivity contribution >= 4 is 35.2 Å². The molecule has 8 heteroatoms. The molecule has 0 aliphatic heterocycles. The predicted octanol–water partition coefficient (Wildman–Crippen LogP) is 5.69. The third-order valence-corrected chi connectivity index (χ3v) is 4.91. The molecule has 8 nitrogen and oxygen atoms in total. The van der Waals surface area contributed by atoms with Gasteiger partial charge >= 0.3 is 11.9 Å². The number of hydrogen-bond acceptors (Lipinski definition) is 6. The monoisotopic (exact) mass is 480 g/mol. The molecule has 0 amide bonds. The molecule has 0 spiro atoms. The smallest absolute Gasteiger partial charge is 0.338 e. The maximum atomic E-state index is 11.8. The fourth-order valence-electron chi connectivity index (χ4n) is 3.16. The standard InChI is InChI=1S/C28H20N2O6/c31-27(32)21(15-7-13-19-9-3-1-4-10-19)23-17-35-25(29-23)26-30-24(18-36-26)22(28(33)34)16-8-14-20-11-5-2-6-12-20/h1-18H,(H,31,32)(H,33,34)/b13-7+,14-8+,21-15-,22-16-.